The van der Waals surface area contributed by atoms with Crippen molar-refractivity contribution >= 4 is 50.5 Å². The summed E-state index contributed by atoms with van der Waals surface area (Å²) in [5, 5.41) is 0.418. The van der Waals surface area contributed by atoms with Crippen LogP contribution in [0.25, 0.3) is 0 Å². The molecule has 0 aliphatic carbocycles. The van der Waals surface area contributed by atoms with Crippen LogP contribution in [0.2, 0.25) is 5.02 Å². The van der Waals surface area contributed by atoms with Crippen molar-refractivity contribution in [3.8, 4) is 0 Å². The number of anilines is 1. The fourth-order valence-corrected chi connectivity index (χ4v) is 4.90. The largest absolute Gasteiger partial charge is 0.462 e. The van der Waals surface area contributed by atoms with Crippen LogP contribution in [-0.4, -0.2) is 31.5 Å². The molecule has 2 aromatic carbocycles. The molecule has 8 nitrogen and oxygen atoms in total. The molecule has 1 N–H and O–H groups in total. The number of halogens is 1. The number of amides is 1. The molecule has 3 aromatic rings. The number of hydrogen-bond acceptors (Lipinski definition) is 6. The fourth-order valence-electron chi connectivity index (χ4n) is 2.71. The molecule has 1 amide bonds. The van der Waals surface area contributed by atoms with Crippen molar-refractivity contribution in [2.75, 3.05) is 11.3 Å². The highest BCUT2D eigenvalue weighted by atomic mass is 35.5. The van der Waals surface area contributed by atoms with Crippen LogP contribution < -0.4 is 9.52 Å². The Balaban J connectivity index is 1.88. The van der Waals surface area contributed by atoms with E-state index in [-0.39, 0.29) is 22.8 Å². The van der Waals surface area contributed by atoms with Gasteiger partial charge in [-0.25, -0.2) is 13.2 Å². The van der Waals surface area contributed by atoms with Gasteiger partial charge in [-0.05, 0) is 56.3 Å². The van der Waals surface area contributed by atoms with Gasteiger partial charge in [-0.1, -0.05) is 29.0 Å². The second-order valence-electron chi connectivity index (χ2n) is 6.64. The molecule has 1 aromatic heterocycles. The van der Waals surface area contributed by atoms with Crippen LogP contribution >= 0.6 is 22.9 Å². The van der Waals surface area contributed by atoms with Gasteiger partial charge < -0.3 is 9.30 Å². The summed E-state index contributed by atoms with van der Waals surface area (Å²) in [5.74, 6) is -1.05. The van der Waals surface area contributed by atoms with Gasteiger partial charge in [0.25, 0.3) is 15.9 Å². The van der Waals surface area contributed by atoms with E-state index in [4.69, 9.17) is 16.3 Å². The van der Waals surface area contributed by atoms with E-state index < -0.39 is 21.9 Å². The highest BCUT2D eigenvalue weighted by Crippen LogP contribution is 2.20. The molecule has 32 heavy (non-hydrogen) atoms. The maximum absolute atomic E-state index is 12.7. The van der Waals surface area contributed by atoms with E-state index in [1.54, 1.807) is 31.5 Å². The van der Waals surface area contributed by atoms with Crippen LogP contribution in [0, 0.1) is 6.92 Å². The lowest BCUT2D eigenvalue weighted by Gasteiger charge is -2.09. The number of nitrogens with one attached hydrogen (secondary N) is 1. The van der Waals surface area contributed by atoms with Crippen molar-refractivity contribution < 1.29 is 22.7 Å². The maximum Gasteiger partial charge on any atom is 0.350 e. The lowest BCUT2D eigenvalue weighted by atomic mass is 10.2. The van der Waals surface area contributed by atoms with Gasteiger partial charge in [0.05, 0.1) is 11.5 Å². The SMILES string of the molecule is CCOC(=O)c1sc(=NC(=O)c2cccc(NS(=O)(=O)c3ccc(Cl)cc3)c2)n(C)c1C. The standard InChI is InChI=1S/C21H20ClN3O5S2/c1-4-30-20(27)18-13(2)25(3)21(31-18)23-19(26)14-6-5-7-16(12-14)24-32(28,29)17-10-8-15(22)9-11-17/h5-12,24H,4H2,1-3H3. The van der Waals surface area contributed by atoms with Gasteiger partial charge in [0, 0.05) is 29.0 Å². The third-order valence-corrected chi connectivity index (χ3v) is 7.32. The zero-order chi connectivity index (χ0) is 23.5. The number of thiazole rings is 1. The molecule has 0 saturated carbocycles. The van der Waals surface area contributed by atoms with Gasteiger partial charge in [-0.2, -0.15) is 4.99 Å². The second kappa shape index (κ2) is 9.68. The van der Waals surface area contributed by atoms with E-state index in [9.17, 15) is 18.0 Å². The number of benzene rings is 2. The normalized spacial score (nSPS) is 11.9. The number of esters is 1. The molecular weight excluding hydrogens is 474 g/mol. The van der Waals surface area contributed by atoms with Crippen LogP contribution in [0.5, 0.6) is 0 Å². The van der Waals surface area contributed by atoms with E-state index in [1.807, 2.05) is 0 Å². The zero-order valence-electron chi connectivity index (χ0n) is 17.5. The summed E-state index contributed by atoms with van der Waals surface area (Å²) in [6.07, 6.45) is 0. The van der Waals surface area contributed by atoms with E-state index in [0.717, 1.165) is 11.3 Å². The van der Waals surface area contributed by atoms with Crippen molar-refractivity contribution in [2.24, 2.45) is 12.0 Å². The van der Waals surface area contributed by atoms with Crippen molar-refractivity contribution in [2.45, 2.75) is 18.7 Å². The highest BCUT2D eigenvalue weighted by molar-refractivity contribution is 7.92. The van der Waals surface area contributed by atoms with E-state index in [0.29, 0.717) is 20.4 Å². The van der Waals surface area contributed by atoms with Crippen LogP contribution in [0.3, 0.4) is 0 Å². The summed E-state index contributed by atoms with van der Waals surface area (Å²) >= 11 is 6.86. The molecule has 0 aliphatic heterocycles. The fraction of sp³-hybridized carbons (Fsp3) is 0.190. The van der Waals surface area contributed by atoms with Crippen molar-refractivity contribution in [1.29, 1.82) is 0 Å². The molecule has 168 valence electrons. The van der Waals surface area contributed by atoms with Gasteiger partial charge in [0.1, 0.15) is 4.88 Å². The van der Waals surface area contributed by atoms with Crippen LogP contribution in [0.15, 0.2) is 58.4 Å². The van der Waals surface area contributed by atoms with E-state index in [1.165, 1.54) is 42.5 Å². The number of hydrogen-bond donors (Lipinski definition) is 1. The third kappa shape index (κ3) is 5.26. The van der Waals surface area contributed by atoms with Crippen molar-refractivity contribution in [3.05, 3.63) is 74.5 Å². The molecule has 0 unspecified atom stereocenters. The lowest BCUT2D eigenvalue weighted by Crippen LogP contribution is -2.15. The Morgan fingerprint density at radius 1 is 1.19 bits per heavy atom. The van der Waals surface area contributed by atoms with Gasteiger partial charge >= 0.3 is 5.97 Å². The topological polar surface area (TPSA) is 107 Å². The summed E-state index contributed by atoms with van der Waals surface area (Å²) in [6, 6.07) is 11.7. The number of rotatable bonds is 6. The first-order valence-corrected chi connectivity index (χ1v) is 12.1. The Kier molecular flexibility index (Phi) is 7.17. The molecule has 0 spiro atoms. The molecular formula is C21H20ClN3O5S2. The van der Waals surface area contributed by atoms with Crippen LogP contribution in [0.4, 0.5) is 5.69 Å². The Hall–Kier alpha value is -2.95. The minimum atomic E-state index is -3.86. The predicted molar refractivity (Wildman–Crippen MR) is 123 cm³/mol. The smallest absolute Gasteiger partial charge is 0.350 e. The molecule has 1 heterocycles. The Morgan fingerprint density at radius 2 is 1.88 bits per heavy atom. The summed E-state index contributed by atoms with van der Waals surface area (Å²) in [5.41, 5.74) is 1.02. The summed E-state index contributed by atoms with van der Waals surface area (Å²) in [6.45, 7) is 3.69. The van der Waals surface area contributed by atoms with Crippen LogP contribution in [0.1, 0.15) is 32.6 Å². The molecule has 0 atom stereocenters. The number of aromatic nitrogens is 1. The van der Waals surface area contributed by atoms with Crippen molar-refractivity contribution in [1.82, 2.24) is 4.57 Å². The lowest BCUT2D eigenvalue weighted by molar-refractivity contribution is 0.0530. The Labute approximate surface area is 194 Å². The average molecular weight is 494 g/mol. The molecule has 0 radical (unpaired) electrons. The van der Waals surface area contributed by atoms with Crippen LogP contribution in [-0.2, 0) is 21.8 Å². The molecule has 0 bridgehead atoms. The number of ether oxygens (including phenoxy) is 1. The monoisotopic (exact) mass is 493 g/mol. The summed E-state index contributed by atoms with van der Waals surface area (Å²) in [4.78, 5) is 29.6. The second-order valence-corrected chi connectivity index (χ2v) is 9.73. The third-order valence-electron chi connectivity index (χ3n) is 4.46. The maximum atomic E-state index is 12.7. The molecule has 3 rings (SSSR count). The van der Waals surface area contributed by atoms with Gasteiger partial charge in [0.2, 0.25) is 0 Å². The minimum Gasteiger partial charge on any atom is -0.462 e. The van der Waals surface area contributed by atoms with Gasteiger partial charge in [0.15, 0.2) is 4.80 Å². The van der Waals surface area contributed by atoms with Gasteiger partial charge in [-0.15, -0.1) is 0 Å². The Morgan fingerprint density at radius 3 is 2.53 bits per heavy atom. The average Bonchev–Trinajstić information content (AvgIpc) is 3.02. The van der Waals surface area contributed by atoms with E-state index in [2.05, 4.69) is 9.71 Å². The Bertz CT molecular complexity index is 1340. The van der Waals surface area contributed by atoms with Crippen molar-refractivity contribution in [3.63, 3.8) is 0 Å². The highest BCUT2D eigenvalue weighted by Gasteiger charge is 2.18. The molecule has 11 heteroatoms. The first kappa shape index (κ1) is 23.7. The quantitative estimate of drug-likeness (QED) is 0.526. The molecule has 0 aliphatic rings. The number of carbonyl (C=O) groups excluding carboxylic acids is 2. The minimum absolute atomic E-state index is 0.0379. The zero-order valence-corrected chi connectivity index (χ0v) is 19.8. The number of nitrogens with zero attached hydrogens (tertiary/aromatic N) is 2. The number of carbonyl (C=O) groups is 2. The molecule has 0 saturated heterocycles. The summed E-state index contributed by atoms with van der Waals surface area (Å²) < 4.78 is 34.3. The van der Waals surface area contributed by atoms with E-state index >= 15 is 0 Å². The first-order chi connectivity index (χ1) is 15.1. The molecule has 0 fully saturated rings. The first-order valence-electron chi connectivity index (χ1n) is 9.43. The summed E-state index contributed by atoms with van der Waals surface area (Å²) in [7, 11) is -2.17. The number of sulfonamides is 1. The van der Waals surface area contributed by atoms with Gasteiger partial charge in [-0.3, -0.25) is 9.52 Å². The predicted octanol–water partition coefficient (Wildman–Crippen LogP) is 3.77.